The van der Waals surface area contributed by atoms with Gasteiger partial charge in [-0.3, -0.25) is 14.9 Å². The van der Waals surface area contributed by atoms with E-state index in [0.29, 0.717) is 6.54 Å². The molecule has 22 heavy (non-hydrogen) atoms. The van der Waals surface area contributed by atoms with Crippen molar-refractivity contribution < 1.29 is 9.72 Å². The predicted octanol–water partition coefficient (Wildman–Crippen LogP) is 3.94. The minimum atomic E-state index is -0.511. The van der Waals surface area contributed by atoms with Gasteiger partial charge in [0.25, 0.3) is 11.6 Å². The number of thioether (sulfide) groups is 1. The summed E-state index contributed by atoms with van der Waals surface area (Å²) in [4.78, 5) is 23.6. The van der Waals surface area contributed by atoms with Crippen LogP contribution in [0, 0.1) is 10.1 Å². The van der Waals surface area contributed by atoms with Gasteiger partial charge in [0.05, 0.1) is 4.92 Å². The van der Waals surface area contributed by atoms with Gasteiger partial charge in [0.15, 0.2) is 0 Å². The maximum absolute atomic E-state index is 12.2. The molecule has 1 amide bonds. The van der Waals surface area contributed by atoms with Crippen LogP contribution in [0.25, 0.3) is 0 Å². The second-order valence-electron chi connectivity index (χ2n) is 5.25. The number of nitro groups is 1. The fraction of sp³-hybridized carbons (Fsp3) is 0.438. The van der Waals surface area contributed by atoms with Gasteiger partial charge in [0, 0.05) is 17.5 Å². The topological polar surface area (TPSA) is 72.2 Å². The zero-order valence-electron chi connectivity index (χ0n) is 12.6. The van der Waals surface area contributed by atoms with E-state index in [1.807, 2.05) is 6.26 Å². The lowest BCUT2D eigenvalue weighted by atomic mass is 9.97. The zero-order valence-corrected chi connectivity index (χ0v) is 13.4. The van der Waals surface area contributed by atoms with Crippen molar-refractivity contribution in [3.8, 4) is 0 Å². The van der Waals surface area contributed by atoms with Crippen LogP contribution in [-0.2, 0) is 0 Å². The van der Waals surface area contributed by atoms with Crippen LogP contribution >= 0.6 is 11.8 Å². The molecule has 0 aromatic heterocycles. The Morgan fingerprint density at radius 3 is 2.86 bits per heavy atom. The molecule has 0 fully saturated rings. The molecule has 0 saturated carbocycles. The van der Waals surface area contributed by atoms with E-state index in [1.165, 1.54) is 36.2 Å². The molecule has 0 heterocycles. The lowest BCUT2D eigenvalue weighted by Crippen LogP contribution is -2.25. The molecule has 1 N–H and O–H groups in total. The van der Waals surface area contributed by atoms with Crippen molar-refractivity contribution in [3.63, 3.8) is 0 Å². The lowest BCUT2D eigenvalue weighted by molar-refractivity contribution is -0.385. The second kappa shape index (κ2) is 7.98. The van der Waals surface area contributed by atoms with Crippen LogP contribution in [0.1, 0.15) is 42.5 Å². The van der Waals surface area contributed by atoms with E-state index < -0.39 is 4.92 Å². The Morgan fingerprint density at radius 2 is 2.23 bits per heavy atom. The summed E-state index contributed by atoms with van der Waals surface area (Å²) in [5, 5.41) is 13.9. The van der Waals surface area contributed by atoms with Crippen LogP contribution in [0.3, 0.4) is 0 Å². The van der Waals surface area contributed by atoms with Crippen LogP contribution in [-0.4, -0.2) is 23.6 Å². The number of hydrogen-bond donors (Lipinski definition) is 1. The summed E-state index contributed by atoms with van der Waals surface area (Å²) >= 11 is 1.46. The monoisotopic (exact) mass is 320 g/mol. The first-order chi connectivity index (χ1) is 10.6. The fourth-order valence-corrected chi connectivity index (χ4v) is 2.99. The third-order valence-electron chi connectivity index (χ3n) is 3.76. The summed E-state index contributed by atoms with van der Waals surface area (Å²) in [7, 11) is 0. The van der Waals surface area contributed by atoms with Crippen molar-refractivity contribution >= 4 is 23.4 Å². The Kier molecular flexibility index (Phi) is 6.00. The summed E-state index contributed by atoms with van der Waals surface area (Å²) in [5.74, 6) is -0.376. The van der Waals surface area contributed by atoms with Gasteiger partial charge >= 0.3 is 0 Å². The van der Waals surface area contributed by atoms with E-state index in [2.05, 4.69) is 11.4 Å². The Bertz CT molecular complexity index is 599. The van der Waals surface area contributed by atoms with Crippen molar-refractivity contribution in [2.75, 3.05) is 12.8 Å². The number of carbonyl (C=O) groups is 1. The van der Waals surface area contributed by atoms with E-state index >= 15 is 0 Å². The van der Waals surface area contributed by atoms with Gasteiger partial charge in [-0.2, -0.15) is 0 Å². The highest BCUT2D eigenvalue weighted by molar-refractivity contribution is 7.98. The summed E-state index contributed by atoms with van der Waals surface area (Å²) < 4.78 is 0. The van der Waals surface area contributed by atoms with Gasteiger partial charge in [-0.1, -0.05) is 11.6 Å². The summed E-state index contributed by atoms with van der Waals surface area (Å²) in [6, 6.07) is 4.63. The molecule has 0 unspecified atom stereocenters. The first-order valence-corrected chi connectivity index (χ1v) is 8.63. The van der Waals surface area contributed by atoms with E-state index in [4.69, 9.17) is 0 Å². The molecule has 1 aliphatic carbocycles. The third-order valence-corrected chi connectivity index (χ3v) is 4.49. The number of hydrogen-bond acceptors (Lipinski definition) is 4. The van der Waals surface area contributed by atoms with E-state index in [9.17, 15) is 14.9 Å². The molecule has 0 radical (unpaired) electrons. The highest BCUT2D eigenvalue weighted by Gasteiger charge is 2.20. The molecule has 5 nitrogen and oxygen atoms in total. The first kappa shape index (κ1) is 16.5. The third kappa shape index (κ3) is 4.34. The molecule has 1 aromatic rings. The van der Waals surface area contributed by atoms with Crippen LogP contribution in [0.4, 0.5) is 5.69 Å². The van der Waals surface area contributed by atoms with Crippen LogP contribution in [0.15, 0.2) is 34.7 Å². The molecule has 0 spiro atoms. The van der Waals surface area contributed by atoms with Gasteiger partial charge in [0.1, 0.15) is 5.56 Å². The number of amides is 1. The highest BCUT2D eigenvalue weighted by atomic mass is 32.2. The smallest absolute Gasteiger partial charge is 0.282 e. The number of allylic oxidation sites excluding steroid dienone is 1. The number of nitrogens with one attached hydrogen (secondary N) is 1. The van der Waals surface area contributed by atoms with Gasteiger partial charge in [0.2, 0.25) is 0 Å². The molecular weight excluding hydrogens is 300 g/mol. The summed E-state index contributed by atoms with van der Waals surface area (Å²) in [5.41, 5.74) is 1.36. The maximum atomic E-state index is 12.2. The molecule has 118 valence electrons. The zero-order chi connectivity index (χ0) is 15.9. The molecule has 6 heteroatoms. The first-order valence-electron chi connectivity index (χ1n) is 7.40. The minimum Gasteiger partial charge on any atom is -0.351 e. The average Bonchev–Trinajstić information content (AvgIpc) is 2.55. The standard InChI is InChI=1S/C16H20N2O3S/c1-22-13-7-8-15(18(20)21)14(11-13)16(19)17-10-9-12-5-3-2-4-6-12/h5,7-8,11H,2-4,6,9-10H2,1H3,(H,17,19). The number of nitro benzene ring substituents is 1. The fourth-order valence-electron chi connectivity index (χ4n) is 2.55. The van der Waals surface area contributed by atoms with Crippen LogP contribution in [0.5, 0.6) is 0 Å². The molecule has 1 aromatic carbocycles. The summed E-state index contributed by atoms with van der Waals surface area (Å²) in [6.45, 7) is 0.519. The molecule has 0 atom stereocenters. The van der Waals surface area contributed by atoms with Crippen molar-refractivity contribution in [1.82, 2.24) is 5.32 Å². The number of carbonyl (C=O) groups excluding carboxylic acids is 1. The van der Waals surface area contributed by atoms with Crippen LogP contribution in [0.2, 0.25) is 0 Å². The second-order valence-corrected chi connectivity index (χ2v) is 6.13. The Balaban J connectivity index is 2.01. The Labute approximate surface area is 134 Å². The molecule has 2 rings (SSSR count). The average molecular weight is 320 g/mol. The van der Waals surface area contributed by atoms with E-state index in [-0.39, 0.29) is 17.2 Å². The predicted molar refractivity (Wildman–Crippen MR) is 88.4 cm³/mol. The Hall–Kier alpha value is -1.82. The summed E-state index contributed by atoms with van der Waals surface area (Å²) in [6.07, 6.45) is 9.60. The van der Waals surface area contributed by atoms with Crippen molar-refractivity contribution in [2.24, 2.45) is 0 Å². The van der Waals surface area contributed by atoms with Gasteiger partial charge < -0.3 is 5.32 Å². The quantitative estimate of drug-likeness (QED) is 0.373. The normalized spacial score (nSPS) is 14.3. The molecule has 0 saturated heterocycles. The number of benzene rings is 1. The molecular formula is C16H20N2O3S. The largest absolute Gasteiger partial charge is 0.351 e. The molecule has 1 aliphatic rings. The number of nitrogens with zero attached hydrogens (tertiary/aromatic N) is 1. The minimum absolute atomic E-state index is 0.134. The number of rotatable bonds is 6. The molecule has 0 aliphatic heterocycles. The SMILES string of the molecule is CSc1ccc([N+](=O)[O-])c(C(=O)NCCC2=CCCCC2)c1. The van der Waals surface area contributed by atoms with Gasteiger partial charge in [-0.25, -0.2) is 0 Å². The van der Waals surface area contributed by atoms with Crippen molar-refractivity contribution in [1.29, 1.82) is 0 Å². The lowest BCUT2D eigenvalue weighted by Gasteiger charge is -2.13. The van der Waals surface area contributed by atoms with E-state index in [0.717, 1.165) is 24.2 Å². The van der Waals surface area contributed by atoms with Gasteiger partial charge in [-0.05, 0) is 50.5 Å². The molecule has 0 bridgehead atoms. The van der Waals surface area contributed by atoms with Crippen molar-refractivity contribution in [3.05, 3.63) is 45.5 Å². The van der Waals surface area contributed by atoms with Crippen LogP contribution < -0.4 is 5.32 Å². The Morgan fingerprint density at radius 1 is 1.41 bits per heavy atom. The van der Waals surface area contributed by atoms with Crippen molar-refractivity contribution in [2.45, 2.75) is 37.0 Å². The van der Waals surface area contributed by atoms with E-state index in [1.54, 1.807) is 12.1 Å². The maximum Gasteiger partial charge on any atom is 0.282 e. The van der Waals surface area contributed by atoms with Gasteiger partial charge in [-0.15, -0.1) is 11.8 Å². The highest BCUT2D eigenvalue weighted by Crippen LogP contribution is 2.25.